The van der Waals surface area contributed by atoms with E-state index in [1.165, 1.54) is 0 Å². The number of ketones is 1. The maximum atomic E-state index is 11.3. The Hall–Kier alpha value is -1.35. The predicted molar refractivity (Wildman–Crippen MR) is 60.3 cm³/mol. The second kappa shape index (κ2) is 5.12. The van der Waals surface area contributed by atoms with Crippen LogP contribution >= 0.6 is 0 Å². The highest BCUT2D eigenvalue weighted by Crippen LogP contribution is 2.21. The summed E-state index contributed by atoms with van der Waals surface area (Å²) in [5.41, 5.74) is 0.868. The van der Waals surface area contributed by atoms with Gasteiger partial charge in [-0.25, -0.2) is 0 Å². The summed E-state index contributed by atoms with van der Waals surface area (Å²) in [5, 5.41) is 8.90. The van der Waals surface area contributed by atoms with Crippen LogP contribution in [0.25, 0.3) is 0 Å². The molecule has 1 aliphatic carbocycles. The Kier molecular flexibility index (Phi) is 3.57. The Morgan fingerprint density at radius 2 is 2.06 bits per heavy atom. The molecular weight excluding hydrogens is 204 g/mol. The van der Waals surface area contributed by atoms with Gasteiger partial charge >= 0.3 is 0 Å². The first kappa shape index (κ1) is 11.1. The third-order valence-corrected chi connectivity index (χ3v) is 2.85. The molecule has 3 nitrogen and oxygen atoms in total. The van der Waals surface area contributed by atoms with Crippen LogP contribution in [0.4, 0.5) is 0 Å². The van der Waals surface area contributed by atoms with Gasteiger partial charge in [-0.2, -0.15) is 0 Å². The Morgan fingerprint density at radius 1 is 1.31 bits per heavy atom. The molecule has 2 rings (SSSR count). The van der Waals surface area contributed by atoms with Crippen LogP contribution in [-0.2, 0) is 11.4 Å². The van der Waals surface area contributed by atoms with Gasteiger partial charge < -0.3 is 9.84 Å². The van der Waals surface area contributed by atoms with Crippen molar-refractivity contribution < 1.29 is 14.6 Å². The highest BCUT2D eigenvalue weighted by atomic mass is 16.5. The van der Waals surface area contributed by atoms with Crippen molar-refractivity contribution in [2.45, 2.75) is 38.4 Å². The molecule has 1 atom stereocenters. The van der Waals surface area contributed by atoms with Gasteiger partial charge in [0.2, 0.25) is 0 Å². The van der Waals surface area contributed by atoms with E-state index in [0.29, 0.717) is 18.6 Å². The number of rotatable bonds is 3. The fraction of sp³-hybridized carbons (Fsp3) is 0.462. The monoisotopic (exact) mass is 220 g/mol. The predicted octanol–water partition coefficient (Wildman–Crippen LogP) is 2.07. The van der Waals surface area contributed by atoms with Crippen molar-refractivity contribution in [3.8, 4) is 5.75 Å². The molecule has 0 spiro atoms. The van der Waals surface area contributed by atoms with Crippen molar-refractivity contribution in [3.63, 3.8) is 0 Å². The molecule has 1 N–H and O–H groups in total. The zero-order chi connectivity index (χ0) is 11.4. The number of aliphatic hydroxyl groups is 1. The minimum atomic E-state index is 0.0289. The number of aliphatic hydroxyl groups excluding tert-OH is 1. The van der Waals surface area contributed by atoms with E-state index in [-0.39, 0.29) is 12.7 Å². The van der Waals surface area contributed by atoms with E-state index in [2.05, 4.69) is 0 Å². The molecule has 3 heteroatoms. The molecule has 1 aromatic carbocycles. The Bertz CT molecular complexity index is 356. The second-order valence-corrected chi connectivity index (χ2v) is 4.18. The maximum Gasteiger partial charge on any atom is 0.136 e. The smallest absolute Gasteiger partial charge is 0.136 e. The first-order valence-corrected chi connectivity index (χ1v) is 5.66. The van der Waals surface area contributed by atoms with E-state index >= 15 is 0 Å². The fourth-order valence-corrected chi connectivity index (χ4v) is 1.95. The molecule has 1 unspecified atom stereocenters. The summed E-state index contributed by atoms with van der Waals surface area (Å²) in [6, 6.07) is 7.34. The Morgan fingerprint density at radius 3 is 2.69 bits per heavy atom. The van der Waals surface area contributed by atoms with Crippen molar-refractivity contribution in [1.29, 1.82) is 0 Å². The largest absolute Gasteiger partial charge is 0.490 e. The molecule has 0 bridgehead atoms. The van der Waals surface area contributed by atoms with Crippen LogP contribution in [0.1, 0.15) is 31.2 Å². The van der Waals surface area contributed by atoms with Gasteiger partial charge in [0.05, 0.1) is 6.61 Å². The van der Waals surface area contributed by atoms with Crippen LogP contribution < -0.4 is 4.74 Å². The number of hydrogen-bond acceptors (Lipinski definition) is 3. The molecule has 0 aliphatic heterocycles. The maximum absolute atomic E-state index is 11.3. The summed E-state index contributed by atoms with van der Waals surface area (Å²) in [6.45, 7) is 0.0438. The van der Waals surface area contributed by atoms with Gasteiger partial charge in [-0.3, -0.25) is 4.79 Å². The first-order chi connectivity index (χ1) is 7.78. The summed E-state index contributed by atoms with van der Waals surface area (Å²) in [5.74, 6) is 1.07. The van der Waals surface area contributed by atoms with Gasteiger partial charge in [-0.15, -0.1) is 0 Å². The normalized spacial score (nSPS) is 20.8. The lowest BCUT2D eigenvalue weighted by Gasteiger charge is -2.22. The second-order valence-electron chi connectivity index (χ2n) is 4.18. The molecule has 86 valence electrons. The molecule has 0 radical (unpaired) electrons. The number of carbonyl (C=O) groups is 1. The van der Waals surface area contributed by atoms with Crippen molar-refractivity contribution in [2.24, 2.45) is 0 Å². The average molecular weight is 220 g/mol. The Balaban J connectivity index is 1.94. The SMILES string of the molecule is O=C1CCCC(Oc2ccc(CO)cc2)C1. The van der Waals surface area contributed by atoms with E-state index in [0.717, 1.165) is 24.2 Å². The number of Topliss-reactive ketones (excluding diaryl/α,β-unsaturated/α-hetero) is 1. The lowest BCUT2D eigenvalue weighted by Crippen LogP contribution is -2.25. The average Bonchev–Trinajstić information content (AvgIpc) is 2.30. The summed E-state index contributed by atoms with van der Waals surface area (Å²) in [4.78, 5) is 11.3. The summed E-state index contributed by atoms with van der Waals surface area (Å²) in [7, 11) is 0. The van der Waals surface area contributed by atoms with E-state index in [9.17, 15) is 4.79 Å². The van der Waals surface area contributed by atoms with Gasteiger partial charge in [0, 0.05) is 12.8 Å². The molecule has 1 aromatic rings. The molecule has 0 aromatic heterocycles. The molecular formula is C13H16O3. The molecule has 16 heavy (non-hydrogen) atoms. The zero-order valence-corrected chi connectivity index (χ0v) is 9.19. The minimum Gasteiger partial charge on any atom is -0.490 e. The first-order valence-electron chi connectivity index (χ1n) is 5.66. The third kappa shape index (κ3) is 2.83. The van der Waals surface area contributed by atoms with Crippen LogP contribution in [0.3, 0.4) is 0 Å². The van der Waals surface area contributed by atoms with Gasteiger partial charge in [0.1, 0.15) is 17.6 Å². The topological polar surface area (TPSA) is 46.5 Å². The summed E-state index contributed by atoms with van der Waals surface area (Å²) in [6.07, 6.45) is 3.14. The summed E-state index contributed by atoms with van der Waals surface area (Å²) < 4.78 is 5.72. The van der Waals surface area contributed by atoms with Crippen molar-refractivity contribution in [1.82, 2.24) is 0 Å². The highest BCUT2D eigenvalue weighted by molar-refractivity contribution is 5.79. The highest BCUT2D eigenvalue weighted by Gasteiger charge is 2.20. The van der Waals surface area contributed by atoms with Crippen molar-refractivity contribution in [3.05, 3.63) is 29.8 Å². The van der Waals surface area contributed by atoms with Crippen LogP contribution in [0.5, 0.6) is 5.75 Å². The lowest BCUT2D eigenvalue weighted by molar-refractivity contribution is -0.122. The zero-order valence-electron chi connectivity index (χ0n) is 9.19. The molecule has 0 amide bonds. The molecule has 1 saturated carbocycles. The van der Waals surface area contributed by atoms with Crippen LogP contribution in [-0.4, -0.2) is 17.0 Å². The van der Waals surface area contributed by atoms with E-state index in [1.807, 2.05) is 24.3 Å². The van der Waals surface area contributed by atoms with Crippen molar-refractivity contribution in [2.75, 3.05) is 0 Å². The molecule has 0 saturated heterocycles. The van der Waals surface area contributed by atoms with E-state index in [4.69, 9.17) is 9.84 Å². The van der Waals surface area contributed by atoms with E-state index in [1.54, 1.807) is 0 Å². The van der Waals surface area contributed by atoms with Crippen LogP contribution in [0.15, 0.2) is 24.3 Å². The lowest BCUT2D eigenvalue weighted by atomic mass is 9.96. The molecule has 0 heterocycles. The molecule has 1 fully saturated rings. The number of benzene rings is 1. The third-order valence-electron chi connectivity index (χ3n) is 2.85. The van der Waals surface area contributed by atoms with Gasteiger partial charge in [0.25, 0.3) is 0 Å². The van der Waals surface area contributed by atoms with E-state index < -0.39 is 0 Å². The van der Waals surface area contributed by atoms with Gasteiger partial charge in [-0.1, -0.05) is 12.1 Å². The Labute approximate surface area is 95.0 Å². The molecule has 1 aliphatic rings. The fourth-order valence-electron chi connectivity index (χ4n) is 1.95. The number of carbonyl (C=O) groups excluding carboxylic acids is 1. The quantitative estimate of drug-likeness (QED) is 0.848. The van der Waals surface area contributed by atoms with Gasteiger partial charge in [-0.05, 0) is 30.5 Å². The number of ether oxygens (including phenoxy) is 1. The van der Waals surface area contributed by atoms with Crippen LogP contribution in [0, 0.1) is 0 Å². The standard InChI is InChI=1S/C13H16O3/c14-9-10-4-6-12(7-5-10)16-13-3-1-2-11(15)8-13/h4-7,13-14H,1-3,8-9H2. The van der Waals surface area contributed by atoms with Gasteiger partial charge in [0.15, 0.2) is 0 Å². The van der Waals surface area contributed by atoms with Crippen LogP contribution in [0.2, 0.25) is 0 Å². The number of hydrogen-bond donors (Lipinski definition) is 1. The summed E-state index contributed by atoms with van der Waals surface area (Å²) >= 11 is 0. The minimum absolute atomic E-state index is 0.0289. The van der Waals surface area contributed by atoms with Crippen molar-refractivity contribution >= 4 is 5.78 Å².